The lowest BCUT2D eigenvalue weighted by Gasteiger charge is -2.28. The highest BCUT2D eigenvalue weighted by molar-refractivity contribution is 8.01. The van der Waals surface area contributed by atoms with Crippen LogP contribution in [0.15, 0.2) is 22.5 Å². The minimum absolute atomic E-state index is 0.0503. The first kappa shape index (κ1) is 23.7. The second-order valence-electron chi connectivity index (χ2n) is 5.56. The molecule has 1 aromatic carbocycles. The molecule has 1 atom stereocenters. The average Bonchev–Trinajstić information content (AvgIpc) is 3.08. The summed E-state index contributed by atoms with van der Waals surface area (Å²) >= 11 is 14.0. The second kappa shape index (κ2) is 9.94. The summed E-state index contributed by atoms with van der Waals surface area (Å²) in [5, 5.41) is 10.8. The number of sulfonamides is 1. The zero-order valence-electron chi connectivity index (χ0n) is 15.4. The van der Waals surface area contributed by atoms with E-state index in [0.717, 1.165) is 33.7 Å². The van der Waals surface area contributed by atoms with Gasteiger partial charge in [-0.2, -0.15) is 0 Å². The number of hydrogen-bond donors (Lipinski definition) is 1. The molecule has 0 spiro atoms. The monoisotopic (exact) mass is 498 g/mol. The molecule has 1 amide bonds. The fraction of sp³-hybridized carbons (Fsp3) is 0.333. The maximum atomic E-state index is 12.6. The summed E-state index contributed by atoms with van der Waals surface area (Å²) in [6.07, 6.45) is 0.978. The molecule has 0 bridgehead atoms. The molecule has 29 heavy (non-hydrogen) atoms. The van der Waals surface area contributed by atoms with E-state index in [9.17, 15) is 18.0 Å². The lowest BCUT2D eigenvalue weighted by atomic mass is 10.2. The number of hydrogen-bond acceptors (Lipinski definition) is 9. The van der Waals surface area contributed by atoms with Gasteiger partial charge >= 0.3 is 5.97 Å². The van der Waals surface area contributed by atoms with E-state index >= 15 is 0 Å². The minimum atomic E-state index is -3.82. The van der Waals surface area contributed by atoms with Gasteiger partial charge in [0.25, 0.3) is 0 Å². The van der Waals surface area contributed by atoms with Crippen LogP contribution in [-0.4, -0.2) is 55.7 Å². The van der Waals surface area contributed by atoms with Crippen molar-refractivity contribution in [2.24, 2.45) is 0 Å². The zero-order chi connectivity index (χ0) is 21.8. The molecule has 0 aliphatic heterocycles. The van der Waals surface area contributed by atoms with E-state index in [1.54, 1.807) is 0 Å². The molecule has 158 valence electrons. The number of amides is 1. The maximum Gasteiger partial charge on any atom is 0.316 e. The lowest BCUT2D eigenvalue weighted by molar-refractivity contribution is -0.137. The quantitative estimate of drug-likeness (QED) is 0.335. The average molecular weight is 499 g/mol. The molecule has 9 nitrogen and oxygen atoms in total. The first-order valence-electron chi connectivity index (χ1n) is 7.81. The third-order valence-corrected chi connectivity index (χ3v) is 7.35. The van der Waals surface area contributed by atoms with Crippen molar-refractivity contribution in [3.63, 3.8) is 0 Å². The molecule has 1 unspecified atom stereocenters. The molecular formula is C15H16Cl2N4O5S3. The van der Waals surface area contributed by atoms with Crippen LogP contribution in [0.25, 0.3) is 0 Å². The maximum absolute atomic E-state index is 12.6. The Bertz CT molecular complexity index is 1020. The number of nitrogens with one attached hydrogen (secondary N) is 1. The van der Waals surface area contributed by atoms with Crippen molar-refractivity contribution in [2.45, 2.75) is 17.3 Å². The Morgan fingerprint density at radius 2 is 2.00 bits per heavy atom. The topological polar surface area (TPSA) is 119 Å². The summed E-state index contributed by atoms with van der Waals surface area (Å²) in [5.41, 5.74) is 0.191. The Kier molecular flexibility index (Phi) is 8.11. The first-order valence-corrected chi connectivity index (χ1v) is 12.2. The highest BCUT2D eigenvalue weighted by Crippen LogP contribution is 2.30. The number of anilines is 2. The van der Waals surface area contributed by atoms with Gasteiger partial charge in [0.15, 0.2) is 4.34 Å². The van der Waals surface area contributed by atoms with Crippen molar-refractivity contribution in [3.8, 4) is 0 Å². The number of benzene rings is 1. The van der Waals surface area contributed by atoms with E-state index in [-0.39, 0.29) is 26.6 Å². The molecule has 14 heteroatoms. The molecule has 0 saturated heterocycles. The molecule has 1 heterocycles. The Balaban J connectivity index is 2.16. The summed E-state index contributed by atoms with van der Waals surface area (Å²) in [6.45, 7) is 1.42. The number of methoxy groups -OCH3 is 1. The SMILES string of the molecule is COC(=O)CSc1nnc(NC(=O)C(C)N(c2ccc(Cl)c(Cl)c2)S(C)(=O)=O)s1. The van der Waals surface area contributed by atoms with E-state index in [1.165, 1.54) is 32.2 Å². The Hall–Kier alpha value is -1.60. The minimum Gasteiger partial charge on any atom is -0.468 e. The summed E-state index contributed by atoms with van der Waals surface area (Å²) in [4.78, 5) is 23.8. The number of rotatable bonds is 8. The summed E-state index contributed by atoms with van der Waals surface area (Å²) in [6, 6.07) is 3.14. The van der Waals surface area contributed by atoms with E-state index < -0.39 is 27.9 Å². The standard InChI is InChI=1S/C15H16Cl2N4O5S3/c1-8(21(29(3,24)25)9-4-5-10(16)11(17)6-9)13(23)18-14-19-20-15(28-14)27-7-12(22)26-2/h4-6,8H,7H2,1-3H3,(H,18,19,23). The molecule has 1 aromatic heterocycles. The van der Waals surface area contributed by atoms with Gasteiger partial charge in [0, 0.05) is 0 Å². The molecule has 0 aliphatic carbocycles. The van der Waals surface area contributed by atoms with Crippen LogP contribution in [0.2, 0.25) is 10.0 Å². The number of nitrogens with zero attached hydrogens (tertiary/aromatic N) is 3. The van der Waals surface area contributed by atoms with Crippen LogP contribution in [0, 0.1) is 0 Å². The third-order valence-electron chi connectivity index (χ3n) is 3.42. The van der Waals surface area contributed by atoms with Gasteiger partial charge < -0.3 is 4.74 Å². The second-order valence-corrected chi connectivity index (χ2v) is 10.4. The van der Waals surface area contributed by atoms with Gasteiger partial charge in [0.1, 0.15) is 6.04 Å². The number of ether oxygens (including phenoxy) is 1. The van der Waals surface area contributed by atoms with Gasteiger partial charge in [-0.05, 0) is 25.1 Å². The van der Waals surface area contributed by atoms with Gasteiger partial charge in [0.05, 0.1) is 34.9 Å². The predicted octanol–water partition coefficient (Wildman–Crippen LogP) is 2.90. The number of carbonyl (C=O) groups is 2. The van der Waals surface area contributed by atoms with Gasteiger partial charge in [-0.25, -0.2) is 8.42 Å². The smallest absolute Gasteiger partial charge is 0.316 e. The van der Waals surface area contributed by atoms with E-state index in [4.69, 9.17) is 23.2 Å². The Labute approximate surface area is 185 Å². The molecular weight excluding hydrogens is 483 g/mol. The van der Waals surface area contributed by atoms with Crippen LogP contribution in [-0.2, 0) is 24.3 Å². The summed E-state index contributed by atoms with van der Waals surface area (Å²) < 4.78 is 30.5. The van der Waals surface area contributed by atoms with Crippen molar-refractivity contribution >= 4 is 79.0 Å². The number of halogens is 2. The number of carbonyl (C=O) groups excluding carboxylic acids is 2. The van der Waals surface area contributed by atoms with Gasteiger partial charge in [-0.15, -0.1) is 10.2 Å². The largest absolute Gasteiger partial charge is 0.468 e. The highest BCUT2D eigenvalue weighted by Gasteiger charge is 2.30. The van der Waals surface area contributed by atoms with Crippen LogP contribution in [0.1, 0.15) is 6.92 Å². The molecule has 2 aromatic rings. The van der Waals surface area contributed by atoms with Gasteiger partial charge in [0.2, 0.25) is 21.1 Å². The van der Waals surface area contributed by atoms with Crippen LogP contribution >= 0.6 is 46.3 Å². The molecule has 2 rings (SSSR count). The summed E-state index contributed by atoms with van der Waals surface area (Å²) in [7, 11) is -2.54. The van der Waals surface area contributed by atoms with Gasteiger partial charge in [-0.1, -0.05) is 46.3 Å². The Morgan fingerprint density at radius 3 is 2.59 bits per heavy atom. The van der Waals surface area contributed by atoms with Crippen LogP contribution in [0.3, 0.4) is 0 Å². The molecule has 0 radical (unpaired) electrons. The van der Waals surface area contributed by atoms with Crippen molar-refractivity contribution < 1.29 is 22.7 Å². The van der Waals surface area contributed by atoms with Gasteiger partial charge in [-0.3, -0.25) is 19.2 Å². The first-order chi connectivity index (χ1) is 13.5. The van der Waals surface area contributed by atoms with E-state index in [2.05, 4.69) is 20.3 Å². The number of thioether (sulfide) groups is 1. The zero-order valence-corrected chi connectivity index (χ0v) is 19.3. The van der Waals surface area contributed by atoms with Crippen LogP contribution in [0.5, 0.6) is 0 Å². The lowest BCUT2D eigenvalue weighted by Crippen LogP contribution is -2.45. The third kappa shape index (κ3) is 6.44. The molecule has 0 fully saturated rings. The number of aromatic nitrogens is 2. The fourth-order valence-electron chi connectivity index (χ4n) is 2.14. The molecule has 1 N–H and O–H groups in total. The summed E-state index contributed by atoms with van der Waals surface area (Å²) in [5.74, 6) is -0.994. The van der Waals surface area contributed by atoms with Crippen molar-refractivity contribution in [3.05, 3.63) is 28.2 Å². The Morgan fingerprint density at radius 1 is 1.31 bits per heavy atom. The predicted molar refractivity (Wildman–Crippen MR) is 115 cm³/mol. The van der Waals surface area contributed by atoms with Crippen molar-refractivity contribution in [2.75, 3.05) is 28.7 Å². The molecule has 0 saturated carbocycles. The van der Waals surface area contributed by atoms with E-state index in [1.807, 2.05) is 0 Å². The number of esters is 1. The highest BCUT2D eigenvalue weighted by atomic mass is 35.5. The fourth-order valence-corrected chi connectivity index (χ4v) is 5.19. The molecule has 0 aliphatic rings. The van der Waals surface area contributed by atoms with E-state index in [0.29, 0.717) is 4.34 Å². The normalized spacial score (nSPS) is 12.3. The van der Waals surface area contributed by atoms with Crippen molar-refractivity contribution in [1.29, 1.82) is 0 Å². The van der Waals surface area contributed by atoms with Crippen molar-refractivity contribution in [1.82, 2.24) is 10.2 Å². The van der Waals surface area contributed by atoms with Crippen LogP contribution in [0.4, 0.5) is 10.8 Å². The van der Waals surface area contributed by atoms with Crippen LogP contribution < -0.4 is 9.62 Å².